The van der Waals surface area contributed by atoms with Crippen molar-refractivity contribution in [2.45, 2.75) is 6.42 Å². The predicted octanol–water partition coefficient (Wildman–Crippen LogP) is 2.56. The Morgan fingerprint density at radius 1 is 1.04 bits per heavy atom. The summed E-state index contributed by atoms with van der Waals surface area (Å²) in [7, 11) is 0. The van der Waals surface area contributed by atoms with Crippen molar-refractivity contribution in [2.24, 2.45) is 0 Å². The number of carbonyl (C=O) groups excluding carboxylic acids is 2. The molecule has 1 fully saturated rings. The van der Waals surface area contributed by atoms with E-state index in [1.165, 1.54) is 0 Å². The second-order valence-corrected chi connectivity index (χ2v) is 6.32. The van der Waals surface area contributed by atoms with E-state index in [1.54, 1.807) is 0 Å². The van der Waals surface area contributed by atoms with Crippen LogP contribution in [-0.2, 0) is 9.53 Å². The number of amides is 2. The number of benzene rings is 2. The van der Waals surface area contributed by atoms with Gasteiger partial charge in [0.2, 0.25) is 5.91 Å². The van der Waals surface area contributed by atoms with Crippen LogP contribution in [0.25, 0.3) is 0 Å². The van der Waals surface area contributed by atoms with Crippen molar-refractivity contribution < 1.29 is 23.1 Å². The van der Waals surface area contributed by atoms with Gasteiger partial charge in [0.1, 0.15) is 11.6 Å². The van der Waals surface area contributed by atoms with Crippen LogP contribution >= 0.6 is 0 Å². The third-order valence-electron chi connectivity index (χ3n) is 4.34. The summed E-state index contributed by atoms with van der Waals surface area (Å²) in [5, 5.41) is 5.19. The number of carbonyl (C=O) groups is 2. The van der Waals surface area contributed by atoms with Gasteiger partial charge in [-0.25, -0.2) is 8.78 Å². The zero-order valence-electron chi connectivity index (χ0n) is 15.2. The van der Waals surface area contributed by atoms with Crippen LogP contribution < -0.4 is 15.5 Å². The molecule has 1 saturated heterocycles. The number of morpholine rings is 1. The summed E-state index contributed by atoms with van der Waals surface area (Å²) in [5.74, 6) is -2.67. The Morgan fingerprint density at radius 3 is 2.43 bits per heavy atom. The number of rotatable bonds is 6. The number of hydrogen-bond donors (Lipinski definition) is 2. The molecule has 6 nitrogen and oxygen atoms in total. The number of anilines is 2. The molecular weight excluding hydrogens is 368 g/mol. The average Bonchev–Trinajstić information content (AvgIpc) is 2.69. The number of halogens is 2. The van der Waals surface area contributed by atoms with E-state index < -0.39 is 17.5 Å². The lowest BCUT2D eigenvalue weighted by Crippen LogP contribution is -2.36. The minimum absolute atomic E-state index is 0.0275. The molecule has 0 spiro atoms. The highest BCUT2D eigenvalue weighted by molar-refractivity contribution is 5.95. The molecule has 0 bridgehead atoms. The Labute approximate surface area is 161 Å². The van der Waals surface area contributed by atoms with Gasteiger partial charge in [0.05, 0.1) is 18.8 Å². The van der Waals surface area contributed by atoms with Gasteiger partial charge in [-0.1, -0.05) is 0 Å². The van der Waals surface area contributed by atoms with Crippen LogP contribution in [-0.4, -0.2) is 44.7 Å². The molecule has 3 rings (SSSR count). The molecule has 1 heterocycles. The molecule has 0 aliphatic carbocycles. The van der Waals surface area contributed by atoms with Crippen molar-refractivity contribution in [3.05, 3.63) is 59.7 Å². The summed E-state index contributed by atoms with van der Waals surface area (Å²) < 4.78 is 31.8. The molecule has 8 heteroatoms. The van der Waals surface area contributed by atoms with Crippen molar-refractivity contribution in [3.63, 3.8) is 0 Å². The molecule has 2 N–H and O–H groups in total. The van der Waals surface area contributed by atoms with Crippen LogP contribution in [0.4, 0.5) is 20.2 Å². The summed E-state index contributed by atoms with van der Waals surface area (Å²) in [5.41, 5.74) is 1.45. The van der Waals surface area contributed by atoms with E-state index in [0.717, 1.165) is 30.9 Å². The molecule has 2 amide bonds. The summed E-state index contributed by atoms with van der Waals surface area (Å²) in [4.78, 5) is 26.1. The maximum Gasteiger partial charge on any atom is 0.254 e. The fourth-order valence-corrected chi connectivity index (χ4v) is 2.86. The molecule has 0 unspecified atom stereocenters. The third kappa shape index (κ3) is 5.26. The van der Waals surface area contributed by atoms with E-state index in [4.69, 9.17) is 4.74 Å². The van der Waals surface area contributed by atoms with E-state index in [1.807, 2.05) is 24.3 Å². The van der Waals surface area contributed by atoms with Crippen LogP contribution in [0.3, 0.4) is 0 Å². The monoisotopic (exact) mass is 389 g/mol. The molecule has 0 aromatic heterocycles. The zero-order chi connectivity index (χ0) is 19.9. The lowest BCUT2D eigenvalue weighted by Gasteiger charge is -2.28. The van der Waals surface area contributed by atoms with Gasteiger partial charge in [-0.05, 0) is 36.4 Å². The first-order valence-corrected chi connectivity index (χ1v) is 8.99. The highest BCUT2D eigenvalue weighted by atomic mass is 19.1. The van der Waals surface area contributed by atoms with Crippen LogP contribution in [0.2, 0.25) is 0 Å². The topological polar surface area (TPSA) is 70.7 Å². The number of nitrogens with one attached hydrogen (secondary N) is 2. The predicted molar refractivity (Wildman–Crippen MR) is 101 cm³/mol. The van der Waals surface area contributed by atoms with Gasteiger partial charge in [0.15, 0.2) is 0 Å². The minimum Gasteiger partial charge on any atom is -0.378 e. The molecule has 2 aromatic rings. The Balaban J connectivity index is 1.44. The molecule has 0 saturated carbocycles. The first-order valence-electron chi connectivity index (χ1n) is 8.99. The largest absolute Gasteiger partial charge is 0.378 e. The first-order chi connectivity index (χ1) is 13.5. The highest BCUT2D eigenvalue weighted by Crippen LogP contribution is 2.19. The second-order valence-electron chi connectivity index (χ2n) is 6.32. The highest BCUT2D eigenvalue weighted by Gasteiger charge is 2.13. The lowest BCUT2D eigenvalue weighted by atomic mass is 10.2. The van der Waals surface area contributed by atoms with Crippen LogP contribution in [0.15, 0.2) is 42.5 Å². The minimum atomic E-state index is -0.942. The maximum atomic E-state index is 13.6. The number of hydrogen-bond acceptors (Lipinski definition) is 4. The Hall–Kier alpha value is -3.00. The molecule has 148 valence electrons. The van der Waals surface area contributed by atoms with Gasteiger partial charge in [0.25, 0.3) is 5.91 Å². The normalized spacial score (nSPS) is 13.9. The number of ether oxygens (including phenoxy) is 1. The molecule has 0 radical (unpaired) electrons. The van der Waals surface area contributed by atoms with E-state index >= 15 is 0 Å². The zero-order valence-corrected chi connectivity index (χ0v) is 15.2. The summed E-state index contributed by atoms with van der Waals surface area (Å²) in [6, 6.07) is 10.2. The van der Waals surface area contributed by atoms with Gasteiger partial charge in [0, 0.05) is 43.5 Å². The molecule has 28 heavy (non-hydrogen) atoms. The van der Waals surface area contributed by atoms with E-state index in [0.29, 0.717) is 25.0 Å². The van der Waals surface area contributed by atoms with Gasteiger partial charge in [-0.15, -0.1) is 0 Å². The van der Waals surface area contributed by atoms with Crippen LogP contribution in [0.5, 0.6) is 0 Å². The van der Waals surface area contributed by atoms with Crippen molar-refractivity contribution in [3.8, 4) is 0 Å². The quantitative estimate of drug-likeness (QED) is 0.797. The standard InChI is InChI=1S/C20H21F2N3O3/c21-14-1-6-17(18(22)13-14)20(27)23-8-7-19(26)24-15-2-4-16(5-3-15)25-9-11-28-12-10-25/h1-6,13H,7-12H2,(H,23,27)(H,24,26). The number of nitrogens with zero attached hydrogens (tertiary/aromatic N) is 1. The van der Waals surface area contributed by atoms with Gasteiger partial charge in [-0.2, -0.15) is 0 Å². The van der Waals surface area contributed by atoms with Crippen LogP contribution in [0, 0.1) is 11.6 Å². The SMILES string of the molecule is O=C(CCNC(=O)c1ccc(F)cc1F)Nc1ccc(N2CCOCC2)cc1. The van der Waals surface area contributed by atoms with E-state index in [9.17, 15) is 18.4 Å². The van der Waals surface area contributed by atoms with Gasteiger partial charge < -0.3 is 20.3 Å². The second kappa shape index (κ2) is 9.27. The smallest absolute Gasteiger partial charge is 0.254 e. The van der Waals surface area contributed by atoms with E-state index in [-0.39, 0.29) is 24.4 Å². The molecular formula is C20H21F2N3O3. The third-order valence-corrected chi connectivity index (χ3v) is 4.34. The van der Waals surface area contributed by atoms with Crippen LogP contribution in [0.1, 0.15) is 16.8 Å². The maximum absolute atomic E-state index is 13.6. The van der Waals surface area contributed by atoms with Crippen molar-refractivity contribution in [1.82, 2.24) is 5.32 Å². The fraction of sp³-hybridized carbons (Fsp3) is 0.300. The van der Waals surface area contributed by atoms with E-state index in [2.05, 4.69) is 15.5 Å². The first kappa shape index (κ1) is 19.8. The molecule has 1 aliphatic heterocycles. The summed E-state index contributed by atoms with van der Waals surface area (Å²) >= 11 is 0. The van der Waals surface area contributed by atoms with Crippen molar-refractivity contribution in [1.29, 1.82) is 0 Å². The van der Waals surface area contributed by atoms with Gasteiger partial charge >= 0.3 is 0 Å². The Morgan fingerprint density at radius 2 is 1.75 bits per heavy atom. The van der Waals surface area contributed by atoms with Gasteiger partial charge in [-0.3, -0.25) is 9.59 Å². The summed E-state index contributed by atoms with van der Waals surface area (Å²) in [6.45, 7) is 3.10. The summed E-state index contributed by atoms with van der Waals surface area (Å²) in [6.07, 6.45) is 0.0275. The molecule has 2 aromatic carbocycles. The fourth-order valence-electron chi connectivity index (χ4n) is 2.86. The van der Waals surface area contributed by atoms with Crippen molar-refractivity contribution >= 4 is 23.2 Å². The van der Waals surface area contributed by atoms with Crippen molar-refractivity contribution in [2.75, 3.05) is 43.1 Å². The Kier molecular flexibility index (Phi) is 6.54. The Bertz CT molecular complexity index is 837. The average molecular weight is 389 g/mol. The molecule has 1 aliphatic rings. The molecule has 0 atom stereocenters. The lowest BCUT2D eigenvalue weighted by molar-refractivity contribution is -0.116.